The minimum absolute atomic E-state index is 0.287. The van der Waals surface area contributed by atoms with E-state index in [4.69, 9.17) is 9.47 Å². The SMILES string of the molecule is COc1ccc(NC(=O)c2nnn(C3CCNCC3)c2C)cc1OC. The second kappa shape index (κ2) is 7.52. The first-order chi connectivity index (χ1) is 12.1. The van der Waals surface area contributed by atoms with Crippen molar-refractivity contribution in [1.29, 1.82) is 0 Å². The van der Waals surface area contributed by atoms with Gasteiger partial charge in [-0.3, -0.25) is 4.79 Å². The van der Waals surface area contributed by atoms with Gasteiger partial charge in [-0.25, -0.2) is 4.68 Å². The molecule has 134 valence electrons. The fourth-order valence-corrected chi connectivity index (χ4v) is 3.05. The van der Waals surface area contributed by atoms with E-state index in [9.17, 15) is 4.79 Å². The van der Waals surface area contributed by atoms with Gasteiger partial charge in [0.1, 0.15) is 0 Å². The van der Waals surface area contributed by atoms with E-state index >= 15 is 0 Å². The summed E-state index contributed by atoms with van der Waals surface area (Å²) in [6.45, 7) is 3.79. The summed E-state index contributed by atoms with van der Waals surface area (Å²) in [6, 6.07) is 5.50. The van der Waals surface area contributed by atoms with E-state index in [1.807, 2.05) is 11.6 Å². The van der Waals surface area contributed by atoms with Crippen LogP contribution in [0.3, 0.4) is 0 Å². The van der Waals surface area contributed by atoms with Gasteiger partial charge in [0.25, 0.3) is 5.91 Å². The number of nitrogens with zero attached hydrogens (tertiary/aromatic N) is 3. The average molecular weight is 345 g/mol. The monoisotopic (exact) mass is 345 g/mol. The fraction of sp³-hybridized carbons (Fsp3) is 0.471. The molecule has 2 heterocycles. The molecule has 0 aliphatic carbocycles. The predicted octanol–water partition coefficient (Wildman–Crippen LogP) is 1.78. The Kier molecular flexibility index (Phi) is 5.18. The molecule has 0 spiro atoms. The number of anilines is 1. The number of rotatable bonds is 5. The highest BCUT2D eigenvalue weighted by atomic mass is 16.5. The molecule has 2 aromatic rings. The van der Waals surface area contributed by atoms with Crippen LogP contribution in [-0.4, -0.2) is 48.2 Å². The second-order valence-corrected chi connectivity index (χ2v) is 5.97. The molecule has 1 aromatic carbocycles. The van der Waals surface area contributed by atoms with Crippen molar-refractivity contribution in [2.45, 2.75) is 25.8 Å². The summed E-state index contributed by atoms with van der Waals surface area (Å²) in [5, 5.41) is 14.4. The summed E-state index contributed by atoms with van der Waals surface area (Å²) in [4.78, 5) is 12.6. The third kappa shape index (κ3) is 3.58. The molecule has 2 N–H and O–H groups in total. The zero-order valence-corrected chi connectivity index (χ0v) is 14.7. The molecular weight excluding hydrogens is 322 g/mol. The van der Waals surface area contributed by atoms with Crippen molar-refractivity contribution < 1.29 is 14.3 Å². The lowest BCUT2D eigenvalue weighted by Crippen LogP contribution is -2.30. The first-order valence-corrected chi connectivity index (χ1v) is 8.30. The normalized spacial score (nSPS) is 15.0. The first-order valence-electron chi connectivity index (χ1n) is 8.30. The third-order valence-corrected chi connectivity index (χ3v) is 4.44. The van der Waals surface area contributed by atoms with E-state index in [1.54, 1.807) is 32.4 Å². The molecule has 1 fully saturated rings. The van der Waals surface area contributed by atoms with Crippen LogP contribution in [0.1, 0.15) is 35.1 Å². The molecule has 3 rings (SSSR count). The number of hydrogen-bond acceptors (Lipinski definition) is 6. The Morgan fingerprint density at radius 1 is 1.24 bits per heavy atom. The number of carbonyl (C=O) groups is 1. The van der Waals surface area contributed by atoms with Gasteiger partial charge in [0.2, 0.25) is 0 Å². The number of carbonyl (C=O) groups excluding carboxylic acids is 1. The van der Waals surface area contributed by atoms with E-state index < -0.39 is 0 Å². The zero-order valence-electron chi connectivity index (χ0n) is 14.7. The van der Waals surface area contributed by atoms with Gasteiger partial charge < -0.3 is 20.1 Å². The van der Waals surface area contributed by atoms with Crippen LogP contribution in [0, 0.1) is 6.92 Å². The Morgan fingerprint density at radius 3 is 2.64 bits per heavy atom. The van der Waals surface area contributed by atoms with E-state index in [0.29, 0.717) is 22.9 Å². The van der Waals surface area contributed by atoms with Crippen molar-refractivity contribution in [2.24, 2.45) is 0 Å². The van der Waals surface area contributed by atoms with Crippen molar-refractivity contribution in [1.82, 2.24) is 20.3 Å². The van der Waals surface area contributed by atoms with Crippen LogP contribution in [0.15, 0.2) is 18.2 Å². The lowest BCUT2D eigenvalue weighted by molar-refractivity contribution is 0.102. The molecule has 1 aliphatic rings. The molecule has 8 nitrogen and oxygen atoms in total. The van der Waals surface area contributed by atoms with Gasteiger partial charge >= 0.3 is 0 Å². The topological polar surface area (TPSA) is 90.3 Å². The number of methoxy groups -OCH3 is 2. The highest BCUT2D eigenvalue weighted by Gasteiger charge is 2.23. The minimum atomic E-state index is -0.287. The van der Waals surface area contributed by atoms with Gasteiger partial charge in [-0.05, 0) is 45.0 Å². The number of ether oxygens (including phenoxy) is 2. The maximum Gasteiger partial charge on any atom is 0.278 e. The summed E-state index contributed by atoms with van der Waals surface area (Å²) < 4.78 is 12.3. The number of aromatic nitrogens is 3. The Hall–Kier alpha value is -2.61. The highest BCUT2D eigenvalue weighted by molar-refractivity contribution is 6.03. The maximum absolute atomic E-state index is 12.6. The maximum atomic E-state index is 12.6. The molecular formula is C17H23N5O3. The standard InChI is InChI=1S/C17H23N5O3/c1-11-16(20-21-22(11)13-6-8-18-9-7-13)17(23)19-12-4-5-14(24-2)15(10-12)25-3/h4-5,10,13,18H,6-9H2,1-3H3,(H,19,23). The molecule has 0 bridgehead atoms. The van der Waals surface area contributed by atoms with Crippen LogP contribution in [0.2, 0.25) is 0 Å². The quantitative estimate of drug-likeness (QED) is 0.858. The largest absolute Gasteiger partial charge is 0.493 e. The summed E-state index contributed by atoms with van der Waals surface area (Å²) in [5.41, 5.74) is 1.73. The van der Waals surface area contributed by atoms with Crippen molar-refractivity contribution >= 4 is 11.6 Å². The molecule has 1 aliphatic heterocycles. The van der Waals surface area contributed by atoms with Crippen molar-refractivity contribution in [3.05, 3.63) is 29.6 Å². The van der Waals surface area contributed by atoms with Crippen LogP contribution in [-0.2, 0) is 0 Å². The molecule has 1 aromatic heterocycles. The van der Waals surface area contributed by atoms with Gasteiger partial charge in [-0.2, -0.15) is 0 Å². The average Bonchev–Trinajstić information content (AvgIpc) is 3.03. The van der Waals surface area contributed by atoms with Gasteiger partial charge in [-0.1, -0.05) is 5.21 Å². The van der Waals surface area contributed by atoms with Crippen molar-refractivity contribution in [2.75, 3.05) is 32.6 Å². The fourth-order valence-electron chi connectivity index (χ4n) is 3.05. The lowest BCUT2D eigenvalue weighted by atomic mass is 10.1. The molecule has 1 amide bonds. The van der Waals surface area contributed by atoms with E-state index in [0.717, 1.165) is 31.6 Å². The summed E-state index contributed by atoms with van der Waals surface area (Å²) in [7, 11) is 3.12. The molecule has 0 atom stereocenters. The number of nitrogens with one attached hydrogen (secondary N) is 2. The van der Waals surface area contributed by atoms with Crippen LogP contribution in [0.25, 0.3) is 0 Å². The molecule has 0 unspecified atom stereocenters. The number of piperidine rings is 1. The Labute approximate surface area is 146 Å². The minimum Gasteiger partial charge on any atom is -0.493 e. The molecule has 0 radical (unpaired) electrons. The van der Waals surface area contributed by atoms with Gasteiger partial charge in [-0.15, -0.1) is 5.10 Å². The smallest absolute Gasteiger partial charge is 0.278 e. The van der Waals surface area contributed by atoms with Gasteiger partial charge in [0.15, 0.2) is 17.2 Å². The van der Waals surface area contributed by atoms with Crippen LogP contribution < -0.4 is 20.1 Å². The van der Waals surface area contributed by atoms with Crippen molar-refractivity contribution in [3.8, 4) is 11.5 Å². The van der Waals surface area contributed by atoms with E-state index in [-0.39, 0.29) is 11.9 Å². The summed E-state index contributed by atoms with van der Waals surface area (Å²) in [5.74, 6) is 0.869. The van der Waals surface area contributed by atoms with E-state index in [1.165, 1.54) is 0 Å². The Morgan fingerprint density at radius 2 is 1.96 bits per heavy atom. The first kappa shape index (κ1) is 17.2. The molecule has 25 heavy (non-hydrogen) atoms. The van der Waals surface area contributed by atoms with Crippen LogP contribution >= 0.6 is 0 Å². The van der Waals surface area contributed by atoms with E-state index in [2.05, 4.69) is 20.9 Å². The zero-order chi connectivity index (χ0) is 17.8. The number of amides is 1. The highest BCUT2D eigenvalue weighted by Crippen LogP contribution is 2.30. The number of hydrogen-bond donors (Lipinski definition) is 2. The second-order valence-electron chi connectivity index (χ2n) is 5.97. The van der Waals surface area contributed by atoms with Crippen molar-refractivity contribution in [3.63, 3.8) is 0 Å². The number of benzene rings is 1. The molecule has 8 heteroatoms. The summed E-state index contributed by atoms with van der Waals surface area (Å²) in [6.07, 6.45) is 1.97. The lowest BCUT2D eigenvalue weighted by Gasteiger charge is -2.23. The Bertz CT molecular complexity index is 753. The Balaban J connectivity index is 1.76. The third-order valence-electron chi connectivity index (χ3n) is 4.44. The van der Waals surface area contributed by atoms with Gasteiger partial charge in [0.05, 0.1) is 26.0 Å². The van der Waals surface area contributed by atoms with Gasteiger partial charge in [0, 0.05) is 11.8 Å². The molecule has 0 saturated carbocycles. The van der Waals surface area contributed by atoms with Crippen LogP contribution in [0.4, 0.5) is 5.69 Å². The van der Waals surface area contributed by atoms with Crippen LogP contribution in [0.5, 0.6) is 11.5 Å². The predicted molar refractivity (Wildman–Crippen MR) is 93.4 cm³/mol. The molecule has 1 saturated heterocycles. The summed E-state index contributed by atoms with van der Waals surface area (Å²) >= 11 is 0.